The molecular formula is C38H33N7O9S2. The van der Waals surface area contributed by atoms with Crippen LogP contribution in [0.3, 0.4) is 0 Å². The van der Waals surface area contributed by atoms with E-state index in [1.54, 1.807) is 60.7 Å². The lowest BCUT2D eigenvalue weighted by molar-refractivity contribution is -0.432. The van der Waals surface area contributed by atoms with Gasteiger partial charge >= 0.3 is 0 Å². The smallest absolute Gasteiger partial charge is 0.152 e. The summed E-state index contributed by atoms with van der Waals surface area (Å²) in [7, 11) is 2.95. The second-order valence-electron chi connectivity index (χ2n) is 11.7. The molecular weight excluding hydrogens is 763 g/mol. The molecule has 0 fully saturated rings. The van der Waals surface area contributed by atoms with Crippen LogP contribution in [0.5, 0.6) is 17.2 Å². The number of nitrogens with one attached hydrogen (secondary N) is 1. The van der Waals surface area contributed by atoms with Gasteiger partial charge < -0.3 is 19.9 Å². The van der Waals surface area contributed by atoms with Crippen LogP contribution in [0.25, 0.3) is 10.8 Å². The highest BCUT2D eigenvalue weighted by Crippen LogP contribution is 2.46. The first-order chi connectivity index (χ1) is 27.3. The standard InChI is InChI=1S/C38H33N7O9S2/c1-22-5-7-25(8-6-22)39-27-11-15-30-24(18-27)19-36(56-54-52-48)37(38(30)46)45-44-33-21-34(49-3)32(20-35(33)50-4)43-41-28-12-16-31(23(2)17-28)42-40-26-9-13-29(14-10-26)55-53-51-47/h5-21,39,46-48H,1-4H3. The topological polar surface area (TPSA) is 202 Å². The quantitative estimate of drug-likeness (QED) is 0.0313. The Morgan fingerprint density at radius 2 is 1.18 bits per heavy atom. The summed E-state index contributed by atoms with van der Waals surface area (Å²) < 4.78 is 20.3. The van der Waals surface area contributed by atoms with Crippen molar-refractivity contribution in [2.75, 3.05) is 19.5 Å². The number of anilines is 2. The molecule has 0 bridgehead atoms. The van der Waals surface area contributed by atoms with E-state index in [1.165, 1.54) is 14.2 Å². The maximum absolute atomic E-state index is 11.4. The molecule has 56 heavy (non-hydrogen) atoms. The normalized spacial score (nSPS) is 11.7. The first kappa shape index (κ1) is 39.7. The van der Waals surface area contributed by atoms with Crippen molar-refractivity contribution in [1.29, 1.82) is 0 Å². The van der Waals surface area contributed by atoms with Crippen LogP contribution in [-0.4, -0.2) is 29.8 Å². The number of aromatic hydroxyl groups is 1. The minimum atomic E-state index is -0.175. The van der Waals surface area contributed by atoms with Gasteiger partial charge in [0.25, 0.3) is 0 Å². The molecule has 0 atom stereocenters. The summed E-state index contributed by atoms with van der Waals surface area (Å²) in [5, 5.41) is 66.6. The lowest BCUT2D eigenvalue weighted by atomic mass is 10.1. The first-order valence-corrected chi connectivity index (χ1v) is 17.9. The summed E-state index contributed by atoms with van der Waals surface area (Å²) in [6.07, 6.45) is 0. The van der Waals surface area contributed by atoms with Gasteiger partial charge in [-0.3, -0.25) is 0 Å². The molecule has 6 rings (SSSR count). The second kappa shape index (κ2) is 19.1. The van der Waals surface area contributed by atoms with E-state index in [0.29, 0.717) is 66.9 Å². The number of rotatable bonds is 16. The minimum absolute atomic E-state index is 0.0545. The Kier molecular flexibility index (Phi) is 13.5. The zero-order valence-electron chi connectivity index (χ0n) is 30.1. The molecule has 0 spiro atoms. The lowest BCUT2D eigenvalue weighted by Crippen LogP contribution is -1.91. The summed E-state index contributed by atoms with van der Waals surface area (Å²) in [6.45, 7) is 3.90. The Hall–Kier alpha value is -5.96. The van der Waals surface area contributed by atoms with Crippen molar-refractivity contribution in [1.82, 2.24) is 0 Å². The summed E-state index contributed by atoms with van der Waals surface area (Å²) in [6, 6.07) is 30.6. The Morgan fingerprint density at radius 1 is 0.571 bits per heavy atom. The van der Waals surface area contributed by atoms with Gasteiger partial charge in [0, 0.05) is 33.8 Å². The third-order valence-electron chi connectivity index (χ3n) is 8.01. The van der Waals surface area contributed by atoms with E-state index in [-0.39, 0.29) is 17.1 Å². The monoisotopic (exact) mass is 795 g/mol. The molecule has 0 amide bonds. The molecule has 0 radical (unpaired) electrons. The van der Waals surface area contributed by atoms with E-state index >= 15 is 0 Å². The lowest BCUT2D eigenvalue weighted by Gasteiger charge is -2.12. The summed E-state index contributed by atoms with van der Waals surface area (Å²) >= 11 is 1.49. The molecule has 0 aliphatic carbocycles. The number of ether oxygens (including phenoxy) is 2. The predicted octanol–water partition coefficient (Wildman–Crippen LogP) is 13.0. The fraction of sp³-hybridized carbons (Fsp3) is 0.105. The highest BCUT2D eigenvalue weighted by atomic mass is 32.2. The molecule has 0 saturated heterocycles. The molecule has 0 unspecified atom stereocenters. The third kappa shape index (κ3) is 10.0. The van der Waals surface area contributed by atoms with Crippen LogP contribution in [0.1, 0.15) is 11.1 Å². The van der Waals surface area contributed by atoms with Gasteiger partial charge in [-0.15, -0.1) is 24.0 Å². The van der Waals surface area contributed by atoms with Crippen molar-refractivity contribution in [3.8, 4) is 17.2 Å². The molecule has 286 valence electrons. The van der Waals surface area contributed by atoms with Crippen LogP contribution < -0.4 is 14.8 Å². The van der Waals surface area contributed by atoms with Crippen LogP contribution >= 0.6 is 24.1 Å². The SMILES string of the molecule is COc1cc(N=Nc2c(SOOO)cc3cc(Nc4ccc(C)cc4)ccc3c2O)c(OC)cc1N=Nc1ccc(N=Nc2ccc(SOOO)cc2)c(C)c1. The number of hydrogen-bond donors (Lipinski definition) is 4. The number of benzene rings is 6. The van der Waals surface area contributed by atoms with Crippen LogP contribution in [0.2, 0.25) is 0 Å². The van der Waals surface area contributed by atoms with Gasteiger partial charge in [-0.1, -0.05) is 27.8 Å². The van der Waals surface area contributed by atoms with Gasteiger partial charge in [0.2, 0.25) is 0 Å². The molecule has 6 aromatic rings. The van der Waals surface area contributed by atoms with Crippen molar-refractivity contribution in [3.05, 3.63) is 114 Å². The fourth-order valence-corrected chi connectivity index (χ4v) is 6.08. The summed E-state index contributed by atoms with van der Waals surface area (Å²) in [5.41, 5.74) is 6.14. The fourth-order valence-electron chi connectivity index (χ4n) is 5.23. The van der Waals surface area contributed by atoms with Gasteiger partial charge in [0.15, 0.2) is 5.75 Å². The number of hydrogen-bond acceptors (Lipinski definition) is 18. The van der Waals surface area contributed by atoms with Gasteiger partial charge in [-0.25, -0.2) is 10.5 Å². The van der Waals surface area contributed by atoms with E-state index in [1.807, 2.05) is 56.3 Å². The minimum Gasteiger partial charge on any atom is -0.505 e. The number of phenols is 1. The predicted molar refractivity (Wildman–Crippen MR) is 211 cm³/mol. The number of aryl methyl sites for hydroxylation is 2. The van der Waals surface area contributed by atoms with E-state index < -0.39 is 0 Å². The van der Waals surface area contributed by atoms with Crippen LogP contribution in [0.4, 0.5) is 45.5 Å². The van der Waals surface area contributed by atoms with Gasteiger partial charge in [0.05, 0.1) is 60.3 Å². The average Bonchev–Trinajstić information content (AvgIpc) is 3.21. The van der Waals surface area contributed by atoms with Crippen molar-refractivity contribution < 1.29 is 43.8 Å². The van der Waals surface area contributed by atoms with Crippen molar-refractivity contribution in [3.63, 3.8) is 0 Å². The first-order valence-electron chi connectivity index (χ1n) is 16.4. The number of phenolic OH excluding ortho intramolecular Hbond substituents is 1. The second-order valence-corrected chi connectivity index (χ2v) is 13.2. The average molecular weight is 796 g/mol. The van der Waals surface area contributed by atoms with Gasteiger partial charge in [-0.2, -0.15) is 15.3 Å². The molecule has 0 aliphatic rings. The number of methoxy groups -OCH3 is 2. The molecule has 0 aliphatic heterocycles. The third-order valence-corrected chi connectivity index (χ3v) is 9.22. The van der Waals surface area contributed by atoms with E-state index in [0.717, 1.165) is 34.5 Å². The van der Waals surface area contributed by atoms with Gasteiger partial charge in [0.1, 0.15) is 28.6 Å². The highest BCUT2D eigenvalue weighted by molar-refractivity contribution is 7.94. The molecule has 0 saturated carbocycles. The largest absolute Gasteiger partial charge is 0.505 e. The van der Waals surface area contributed by atoms with Crippen molar-refractivity contribution >= 4 is 80.4 Å². The van der Waals surface area contributed by atoms with E-state index in [4.69, 9.17) is 24.3 Å². The molecule has 18 heteroatoms. The van der Waals surface area contributed by atoms with Crippen LogP contribution in [-0.2, 0) is 18.7 Å². The molecule has 16 nitrogen and oxygen atoms in total. The van der Waals surface area contributed by atoms with Crippen LogP contribution in [0.15, 0.2) is 144 Å². The maximum Gasteiger partial charge on any atom is 0.152 e. The Labute approximate surface area is 328 Å². The van der Waals surface area contributed by atoms with Crippen molar-refractivity contribution in [2.24, 2.45) is 30.7 Å². The zero-order chi connectivity index (χ0) is 39.4. The molecule has 4 N–H and O–H groups in total. The Morgan fingerprint density at radius 3 is 1.84 bits per heavy atom. The molecule has 0 aromatic heterocycles. The van der Waals surface area contributed by atoms with E-state index in [2.05, 4.69) is 50.4 Å². The highest BCUT2D eigenvalue weighted by Gasteiger charge is 2.17. The zero-order valence-corrected chi connectivity index (χ0v) is 31.7. The van der Waals surface area contributed by atoms with Crippen LogP contribution in [0, 0.1) is 13.8 Å². The van der Waals surface area contributed by atoms with Crippen molar-refractivity contribution in [2.45, 2.75) is 23.6 Å². The Balaban J connectivity index is 1.22. The summed E-state index contributed by atoms with van der Waals surface area (Å²) in [5.74, 6) is 0.451. The van der Waals surface area contributed by atoms with Gasteiger partial charge in [-0.05, 0) is 104 Å². The number of fused-ring (bicyclic) bond motifs is 1. The van der Waals surface area contributed by atoms with E-state index in [9.17, 15) is 5.11 Å². The Bertz CT molecular complexity index is 2400. The number of nitrogens with zero attached hydrogens (tertiary/aromatic N) is 6. The number of azo groups is 3. The summed E-state index contributed by atoms with van der Waals surface area (Å²) in [4.78, 5) is 1.00. The maximum atomic E-state index is 11.4. The molecule has 0 heterocycles. The molecule has 6 aromatic carbocycles.